The summed E-state index contributed by atoms with van der Waals surface area (Å²) in [5, 5.41) is 2.98. The highest BCUT2D eigenvalue weighted by molar-refractivity contribution is 5.97. The van der Waals surface area contributed by atoms with Crippen LogP contribution in [0.3, 0.4) is 0 Å². The van der Waals surface area contributed by atoms with Crippen LogP contribution in [0.25, 0.3) is 0 Å². The number of anilines is 1. The lowest BCUT2D eigenvalue weighted by atomic mass is 10.0. The van der Waals surface area contributed by atoms with Crippen LogP contribution >= 0.6 is 0 Å². The third-order valence-corrected chi connectivity index (χ3v) is 3.56. The van der Waals surface area contributed by atoms with Crippen LogP contribution in [0.2, 0.25) is 0 Å². The Morgan fingerprint density at radius 2 is 1.95 bits per heavy atom. The molecule has 0 saturated carbocycles. The molecule has 0 radical (unpaired) electrons. The van der Waals surface area contributed by atoms with Gasteiger partial charge in [0.25, 0.3) is 5.91 Å². The molecule has 110 valence electrons. The Morgan fingerprint density at radius 1 is 1.24 bits per heavy atom. The van der Waals surface area contributed by atoms with Crippen molar-refractivity contribution >= 4 is 11.6 Å². The first-order chi connectivity index (χ1) is 10.0. The van der Waals surface area contributed by atoms with Gasteiger partial charge in [-0.25, -0.2) is 0 Å². The molecule has 1 amide bonds. The number of nitrogens with two attached hydrogens (primary N) is 1. The highest BCUT2D eigenvalue weighted by Crippen LogP contribution is 2.20. The summed E-state index contributed by atoms with van der Waals surface area (Å²) in [6, 6.07) is 12.9. The van der Waals surface area contributed by atoms with Crippen molar-refractivity contribution in [3.05, 3.63) is 59.2 Å². The van der Waals surface area contributed by atoms with E-state index in [0.29, 0.717) is 11.3 Å². The van der Waals surface area contributed by atoms with E-state index in [-0.39, 0.29) is 11.9 Å². The quantitative estimate of drug-likeness (QED) is 0.848. The Labute approximate surface area is 124 Å². The molecule has 3 N–H and O–H groups in total. The second-order valence-electron chi connectivity index (χ2n) is 4.99. The zero-order valence-electron chi connectivity index (χ0n) is 12.5. The highest BCUT2D eigenvalue weighted by Gasteiger charge is 2.14. The molecule has 2 aromatic rings. The topological polar surface area (TPSA) is 64.3 Å². The van der Waals surface area contributed by atoms with Crippen LogP contribution in [0.5, 0.6) is 5.75 Å². The van der Waals surface area contributed by atoms with Crippen LogP contribution in [0, 0.1) is 6.92 Å². The van der Waals surface area contributed by atoms with Crippen LogP contribution < -0.4 is 15.8 Å². The number of nitrogens with one attached hydrogen (secondary N) is 1. The predicted octanol–water partition coefficient (Wildman–Crippen LogP) is 3.08. The maximum atomic E-state index is 12.4. The number of ether oxygens (including phenoxy) is 1. The predicted molar refractivity (Wildman–Crippen MR) is 84.5 cm³/mol. The molecule has 0 saturated heterocycles. The van der Waals surface area contributed by atoms with Crippen LogP contribution in [-0.2, 0) is 0 Å². The molecule has 0 fully saturated rings. The van der Waals surface area contributed by atoms with Gasteiger partial charge in [-0.1, -0.05) is 18.2 Å². The fraction of sp³-hybridized carbons (Fsp3) is 0.235. The lowest BCUT2D eigenvalue weighted by Gasteiger charge is -2.16. The number of nitrogen functional groups attached to an aromatic ring is 1. The average Bonchev–Trinajstić information content (AvgIpc) is 2.49. The molecule has 2 rings (SSSR count). The Morgan fingerprint density at radius 3 is 2.67 bits per heavy atom. The first-order valence-corrected chi connectivity index (χ1v) is 6.83. The van der Waals surface area contributed by atoms with E-state index >= 15 is 0 Å². The number of hydrogen-bond donors (Lipinski definition) is 2. The molecule has 0 unspecified atom stereocenters. The zero-order chi connectivity index (χ0) is 15.4. The minimum atomic E-state index is -0.130. The molecular weight excluding hydrogens is 264 g/mol. The third-order valence-electron chi connectivity index (χ3n) is 3.56. The van der Waals surface area contributed by atoms with E-state index in [4.69, 9.17) is 10.5 Å². The molecule has 21 heavy (non-hydrogen) atoms. The molecule has 4 heteroatoms. The molecule has 0 bridgehead atoms. The van der Waals surface area contributed by atoms with E-state index in [2.05, 4.69) is 5.32 Å². The first-order valence-electron chi connectivity index (χ1n) is 6.83. The Balaban J connectivity index is 2.16. The van der Waals surface area contributed by atoms with Gasteiger partial charge in [-0.3, -0.25) is 4.79 Å². The van der Waals surface area contributed by atoms with E-state index in [1.165, 1.54) is 0 Å². The fourth-order valence-corrected chi connectivity index (χ4v) is 2.17. The summed E-state index contributed by atoms with van der Waals surface area (Å²) in [5.74, 6) is 0.642. The molecule has 2 aromatic carbocycles. The molecule has 0 heterocycles. The third kappa shape index (κ3) is 3.34. The Kier molecular flexibility index (Phi) is 4.48. The molecule has 0 spiro atoms. The monoisotopic (exact) mass is 284 g/mol. The summed E-state index contributed by atoms with van der Waals surface area (Å²) in [6.07, 6.45) is 0. The van der Waals surface area contributed by atoms with Gasteiger partial charge < -0.3 is 15.8 Å². The second-order valence-corrected chi connectivity index (χ2v) is 4.99. The van der Waals surface area contributed by atoms with E-state index in [1.54, 1.807) is 25.3 Å². The standard InChI is InChI=1S/C17H20N2O2/c1-11-15(8-5-9-16(11)18)17(20)19-12(2)13-6-4-7-14(10-13)21-3/h4-10,12H,18H2,1-3H3,(H,19,20)/t12-/m1/s1. The van der Waals surface area contributed by atoms with Crippen molar-refractivity contribution in [3.8, 4) is 5.75 Å². The number of carbonyl (C=O) groups is 1. The highest BCUT2D eigenvalue weighted by atomic mass is 16.5. The minimum absolute atomic E-state index is 0.117. The summed E-state index contributed by atoms with van der Waals surface area (Å²) >= 11 is 0. The van der Waals surface area contributed by atoms with Gasteiger partial charge in [0.1, 0.15) is 5.75 Å². The van der Waals surface area contributed by atoms with E-state index in [9.17, 15) is 4.79 Å². The van der Waals surface area contributed by atoms with Crippen LogP contribution in [0.15, 0.2) is 42.5 Å². The minimum Gasteiger partial charge on any atom is -0.497 e. The van der Waals surface area contributed by atoms with Crippen molar-refractivity contribution in [1.82, 2.24) is 5.32 Å². The Bertz CT molecular complexity index is 653. The number of benzene rings is 2. The molecule has 4 nitrogen and oxygen atoms in total. The summed E-state index contributed by atoms with van der Waals surface area (Å²) in [5.41, 5.74) is 8.85. The van der Waals surface area contributed by atoms with Gasteiger partial charge in [-0.2, -0.15) is 0 Å². The molecule has 1 atom stereocenters. The number of amides is 1. The second kappa shape index (κ2) is 6.31. The number of carbonyl (C=O) groups excluding carboxylic acids is 1. The maximum Gasteiger partial charge on any atom is 0.252 e. The van der Waals surface area contributed by atoms with E-state index < -0.39 is 0 Å². The molecule has 0 aromatic heterocycles. The van der Waals surface area contributed by atoms with Gasteiger partial charge in [0.2, 0.25) is 0 Å². The number of rotatable bonds is 4. The van der Waals surface area contributed by atoms with Crippen molar-refractivity contribution in [2.24, 2.45) is 0 Å². The smallest absolute Gasteiger partial charge is 0.252 e. The molecule has 0 aliphatic heterocycles. The molecule has 0 aliphatic rings. The Hall–Kier alpha value is -2.49. The van der Waals surface area contributed by atoms with Crippen LogP contribution in [-0.4, -0.2) is 13.0 Å². The number of methoxy groups -OCH3 is 1. The van der Waals surface area contributed by atoms with Crippen molar-refractivity contribution in [1.29, 1.82) is 0 Å². The first kappa shape index (κ1) is 14.9. The fourth-order valence-electron chi connectivity index (χ4n) is 2.17. The van der Waals surface area contributed by atoms with Gasteiger partial charge in [0.15, 0.2) is 0 Å². The summed E-state index contributed by atoms with van der Waals surface area (Å²) in [4.78, 5) is 12.4. The van der Waals surface area contributed by atoms with Gasteiger partial charge in [0, 0.05) is 11.3 Å². The largest absolute Gasteiger partial charge is 0.497 e. The van der Waals surface area contributed by atoms with Gasteiger partial charge >= 0.3 is 0 Å². The molecule has 0 aliphatic carbocycles. The SMILES string of the molecule is COc1cccc([C@@H](C)NC(=O)c2cccc(N)c2C)c1. The van der Waals surface area contributed by atoms with E-state index in [1.807, 2.05) is 38.1 Å². The summed E-state index contributed by atoms with van der Waals surface area (Å²) in [6.45, 7) is 3.79. The zero-order valence-corrected chi connectivity index (χ0v) is 12.5. The van der Waals surface area contributed by atoms with Crippen LogP contribution in [0.4, 0.5) is 5.69 Å². The summed E-state index contributed by atoms with van der Waals surface area (Å²) in [7, 11) is 1.62. The normalized spacial score (nSPS) is 11.8. The summed E-state index contributed by atoms with van der Waals surface area (Å²) < 4.78 is 5.20. The average molecular weight is 284 g/mol. The van der Waals surface area contributed by atoms with Crippen LogP contribution in [0.1, 0.15) is 34.5 Å². The van der Waals surface area contributed by atoms with Gasteiger partial charge in [0.05, 0.1) is 13.2 Å². The van der Waals surface area contributed by atoms with Gasteiger partial charge in [-0.05, 0) is 49.2 Å². The van der Waals surface area contributed by atoms with Crippen molar-refractivity contribution in [2.75, 3.05) is 12.8 Å². The lowest BCUT2D eigenvalue weighted by Crippen LogP contribution is -2.27. The molecular formula is C17H20N2O2. The van der Waals surface area contributed by atoms with Crippen molar-refractivity contribution < 1.29 is 9.53 Å². The number of hydrogen-bond acceptors (Lipinski definition) is 3. The van der Waals surface area contributed by atoms with Gasteiger partial charge in [-0.15, -0.1) is 0 Å². The van der Waals surface area contributed by atoms with Crippen molar-refractivity contribution in [2.45, 2.75) is 19.9 Å². The maximum absolute atomic E-state index is 12.4. The van der Waals surface area contributed by atoms with E-state index in [0.717, 1.165) is 16.9 Å². The lowest BCUT2D eigenvalue weighted by molar-refractivity contribution is 0.0939. The van der Waals surface area contributed by atoms with Crippen molar-refractivity contribution in [3.63, 3.8) is 0 Å².